The summed E-state index contributed by atoms with van der Waals surface area (Å²) in [6.45, 7) is 5.00. The molecule has 2 aromatic carbocycles. The molecule has 0 spiro atoms. The van der Waals surface area contributed by atoms with Crippen molar-refractivity contribution in [3.8, 4) is 5.75 Å². The van der Waals surface area contributed by atoms with Crippen LogP contribution in [0.3, 0.4) is 0 Å². The van der Waals surface area contributed by atoms with Crippen molar-refractivity contribution in [2.24, 2.45) is 5.41 Å². The number of ether oxygens (including phenoxy) is 1. The lowest BCUT2D eigenvalue weighted by atomic mass is 9.98. The average Bonchev–Trinajstić information content (AvgIpc) is 2.48. The summed E-state index contributed by atoms with van der Waals surface area (Å²) in [5.41, 5.74) is 2.74. The summed E-state index contributed by atoms with van der Waals surface area (Å²) in [7, 11) is 0. The smallest absolute Gasteiger partial charge is 0.119 e. The molecule has 20 heavy (non-hydrogen) atoms. The molecule has 0 aliphatic heterocycles. The molecule has 0 bridgehead atoms. The van der Waals surface area contributed by atoms with E-state index in [1.807, 2.05) is 18.2 Å². The van der Waals surface area contributed by atoms with Gasteiger partial charge in [-0.3, -0.25) is 0 Å². The van der Waals surface area contributed by atoms with E-state index in [9.17, 15) is 0 Å². The van der Waals surface area contributed by atoms with Crippen LogP contribution in [0.1, 0.15) is 25.0 Å². The lowest BCUT2D eigenvalue weighted by molar-refractivity contribution is 0.202. The highest BCUT2D eigenvalue weighted by atomic mass is 32.1. The third-order valence-corrected chi connectivity index (χ3v) is 4.09. The van der Waals surface area contributed by atoms with Crippen LogP contribution in [0, 0.1) is 5.41 Å². The summed E-state index contributed by atoms with van der Waals surface area (Å²) < 4.78 is 5.82. The highest BCUT2D eigenvalue weighted by Crippen LogP contribution is 2.21. The van der Waals surface area contributed by atoms with Crippen molar-refractivity contribution in [3.63, 3.8) is 0 Å². The fourth-order valence-corrected chi connectivity index (χ4v) is 1.95. The summed E-state index contributed by atoms with van der Waals surface area (Å²) in [5.74, 6) is 1.75. The van der Waals surface area contributed by atoms with Gasteiger partial charge >= 0.3 is 0 Å². The summed E-state index contributed by atoms with van der Waals surface area (Å²) in [6.07, 6.45) is 0.962. The molecule has 2 rings (SSSR count). The third-order valence-electron chi connectivity index (χ3n) is 3.23. The second kappa shape index (κ2) is 6.85. The Morgan fingerprint density at radius 2 is 1.50 bits per heavy atom. The van der Waals surface area contributed by atoms with Crippen molar-refractivity contribution in [2.75, 3.05) is 12.4 Å². The molecule has 0 amide bonds. The second-order valence-electron chi connectivity index (χ2n) is 5.92. The number of benzene rings is 2. The minimum absolute atomic E-state index is 0.103. The van der Waals surface area contributed by atoms with Crippen molar-refractivity contribution in [3.05, 3.63) is 65.7 Å². The zero-order valence-electron chi connectivity index (χ0n) is 12.2. The van der Waals surface area contributed by atoms with Crippen LogP contribution in [0.15, 0.2) is 54.6 Å². The van der Waals surface area contributed by atoms with E-state index < -0.39 is 0 Å². The highest BCUT2D eigenvalue weighted by molar-refractivity contribution is 7.80. The van der Waals surface area contributed by atoms with E-state index in [-0.39, 0.29) is 5.41 Å². The average molecular weight is 286 g/mol. The van der Waals surface area contributed by atoms with Crippen molar-refractivity contribution >= 4 is 12.6 Å². The first-order chi connectivity index (χ1) is 9.59. The van der Waals surface area contributed by atoms with Crippen LogP contribution in [0.2, 0.25) is 0 Å². The van der Waals surface area contributed by atoms with Crippen LogP contribution >= 0.6 is 12.6 Å². The Labute approximate surface area is 127 Å². The fourth-order valence-electron chi connectivity index (χ4n) is 1.86. The maximum Gasteiger partial charge on any atom is 0.119 e. The predicted octanol–water partition coefficient (Wildman–Crippen LogP) is 4.61. The van der Waals surface area contributed by atoms with Gasteiger partial charge in [0, 0.05) is 5.41 Å². The number of thiol groups is 1. The first-order valence-electron chi connectivity index (χ1n) is 6.96. The van der Waals surface area contributed by atoms with Gasteiger partial charge in [-0.1, -0.05) is 56.3 Å². The Balaban J connectivity index is 1.93. The molecule has 2 heteroatoms. The molecule has 0 fully saturated rings. The van der Waals surface area contributed by atoms with Crippen LogP contribution in [0.5, 0.6) is 5.75 Å². The van der Waals surface area contributed by atoms with Crippen molar-refractivity contribution in [1.82, 2.24) is 0 Å². The summed E-state index contributed by atoms with van der Waals surface area (Å²) in [6, 6.07) is 18.9. The van der Waals surface area contributed by atoms with E-state index in [2.05, 4.69) is 62.9 Å². The number of rotatable bonds is 6. The molecule has 0 unspecified atom stereocenters. The van der Waals surface area contributed by atoms with Gasteiger partial charge in [0.1, 0.15) is 5.75 Å². The first kappa shape index (κ1) is 15.0. The Kier molecular flexibility index (Phi) is 5.13. The van der Waals surface area contributed by atoms with E-state index in [1.165, 1.54) is 11.1 Å². The van der Waals surface area contributed by atoms with Crippen LogP contribution in [-0.4, -0.2) is 12.4 Å². The molecule has 0 saturated carbocycles. The van der Waals surface area contributed by atoms with Gasteiger partial charge in [-0.25, -0.2) is 0 Å². The minimum Gasteiger partial charge on any atom is -0.493 e. The minimum atomic E-state index is 0.103. The SMILES string of the molecule is CC(C)(CS)COc1ccc(Cc2ccccc2)cc1. The van der Waals surface area contributed by atoms with Crippen LogP contribution in [0.25, 0.3) is 0 Å². The van der Waals surface area contributed by atoms with Crippen molar-refractivity contribution < 1.29 is 4.74 Å². The topological polar surface area (TPSA) is 9.23 Å². The first-order valence-corrected chi connectivity index (χ1v) is 7.59. The van der Waals surface area contributed by atoms with E-state index in [0.29, 0.717) is 6.61 Å². The normalized spacial score (nSPS) is 11.3. The van der Waals surface area contributed by atoms with Gasteiger partial charge in [0.2, 0.25) is 0 Å². The predicted molar refractivity (Wildman–Crippen MR) is 88.8 cm³/mol. The molecule has 0 radical (unpaired) electrons. The maximum absolute atomic E-state index is 5.82. The van der Waals surface area contributed by atoms with Gasteiger partial charge in [0.25, 0.3) is 0 Å². The second-order valence-corrected chi connectivity index (χ2v) is 6.23. The Hall–Kier alpha value is -1.41. The Morgan fingerprint density at radius 1 is 0.900 bits per heavy atom. The molecule has 0 atom stereocenters. The monoisotopic (exact) mass is 286 g/mol. The zero-order valence-corrected chi connectivity index (χ0v) is 13.1. The van der Waals surface area contributed by atoms with Crippen LogP contribution in [0.4, 0.5) is 0 Å². The van der Waals surface area contributed by atoms with Crippen molar-refractivity contribution in [1.29, 1.82) is 0 Å². The van der Waals surface area contributed by atoms with Gasteiger partial charge in [0.15, 0.2) is 0 Å². The standard InChI is InChI=1S/C18H22OS/c1-18(2,14-20)13-19-17-10-8-16(9-11-17)12-15-6-4-3-5-7-15/h3-11,20H,12-14H2,1-2H3. The fraction of sp³-hybridized carbons (Fsp3) is 0.333. The molecule has 106 valence electrons. The summed E-state index contributed by atoms with van der Waals surface area (Å²) in [5, 5.41) is 0. The largest absolute Gasteiger partial charge is 0.493 e. The van der Waals surface area contributed by atoms with Gasteiger partial charge in [-0.15, -0.1) is 0 Å². The molecule has 0 N–H and O–H groups in total. The summed E-state index contributed by atoms with van der Waals surface area (Å²) >= 11 is 4.34. The van der Waals surface area contributed by atoms with Crippen LogP contribution < -0.4 is 4.74 Å². The number of hydrogen-bond donors (Lipinski definition) is 1. The third kappa shape index (κ3) is 4.61. The van der Waals surface area contributed by atoms with Gasteiger partial charge in [-0.05, 0) is 35.4 Å². The number of hydrogen-bond acceptors (Lipinski definition) is 2. The lowest BCUT2D eigenvalue weighted by Gasteiger charge is -2.22. The molecular weight excluding hydrogens is 264 g/mol. The van der Waals surface area contributed by atoms with Crippen LogP contribution in [-0.2, 0) is 6.42 Å². The molecule has 0 aliphatic rings. The van der Waals surface area contributed by atoms with E-state index in [1.54, 1.807) is 0 Å². The molecule has 1 nitrogen and oxygen atoms in total. The van der Waals surface area contributed by atoms with Gasteiger partial charge in [-0.2, -0.15) is 12.6 Å². The molecule has 0 aromatic heterocycles. The van der Waals surface area contributed by atoms with Gasteiger partial charge in [0.05, 0.1) is 6.61 Å². The van der Waals surface area contributed by atoms with E-state index >= 15 is 0 Å². The molecule has 0 aliphatic carbocycles. The maximum atomic E-state index is 5.82. The van der Waals surface area contributed by atoms with Crippen molar-refractivity contribution in [2.45, 2.75) is 20.3 Å². The highest BCUT2D eigenvalue weighted by Gasteiger charge is 2.16. The quantitative estimate of drug-likeness (QED) is 0.763. The zero-order chi connectivity index (χ0) is 14.4. The Morgan fingerprint density at radius 3 is 2.10 bits per heavy atom. The molecule has 0 saturated heterocycles. The Bertz CT molecular complexity index is 517. The summed E-state index contributed by atoms with van der Waals surface area (Å²) in [4.78, 5) is 0. The molecule has 2 aromatic rings. The van der Waals surface area contributed by atoms with E-state index in [4.69, 9.17) is 4.74 Å². The van der Waals surface area contributed by atoms with Gasteiger partial charge < -0.3 is 4.74 Å². The van der Waals surface area contributed by atoms with E-state index in [0.717, 1.165) is 17.9 Å². The lowest BCUT2D eigenvalue weighted by Crippen LogP contribution is -2.23. The molecular formula is C18H22OS. The molecule has 0 heterocycles.